The van der Waals surface area contributed by atoms with Crippen molar-refractivity contribution in [3.8, 4) is 0 Å². The van der Waals surface area contributed by atoms with Crippen molar-refractivity contribution in [2.75, 3.05) is 23.4 Å². The van der Waals surface area contributed by atoms with E-state index in [1.807, 2.05) is 24.4 Å². The molecule has 1 atom stereocenters. The number of nitrogens with zero attached hydrogens (tertiary/aromatic N) is 5. The Balaban J connectivity index is 1.98. The number of pyridine rings is 1. The summed E-state index contributed by atoms with van der Waals surface area (Å²) in [6.45, 7) is 5.62. The molecular formula is C18H23BrN6O. The topological polar surface area (TPSA) is 78.6 Å². The average molecular weight is 419 g/mol. The molecule has 3 rings (SSSR count). The van der Waals surface area contributed by atoms with Crippen molar-refractivity contribution in [3.05, 3.63) is 46.8 Å². The molecule has 0 bridgehead atoms. The number of anilines is 2. The maximum atomic E-state index is 9.72. The molecule has 0 aromatic carbocycles. The van der Waals surface area contributed by atoms with Gasteiger partial charge in [-0.15, -0.1) is 0 Å². The number of halogens is 1. The van der Waals surface area contributed by atoms with Crippen LogP contribution in [-0.2, 0) is 6.54 Å². The third kappa shape index (κ3) is 3.81. The molecule has 7 nitrogen and oxygen atoms in total. The van der Waals surface area contributed by atoms with Crippen molar-refractivity contribution in [2.45, 2.75) is 32.9 Å². The first-order valence-corrected chi connectivity index (χ1v) is 9.51. The van der Waals surface area contributed by atoms with E-state index in [1.165, 1.54) is 0 Å². The first kappa shape index (κ1) is 18.6. The quantitative estimate of drug-likeness (QED) is 0.584. The summed E-state index contributed by atoms with van der Waals surface area (Å²) in [4.78, 5) is 11.0. The fourth-order valence-electron chi connectivity index (χ4n) is 2.95. The summed E-state index contributed by atoms with van der Waals surface area (Å²) in [5.74, 6) is 1.65. The van der Waals surface area contributed by atoms with Crippen LogP contribution in [0.5, 0.6) is 0 Å². The summed E-state index contributed by atoms with van der Waals surface area (Å²) in [5, 5.41) is 17.5. The van der Waals surface area contributed by atoms with Gasteiger partial charge in [0.25, 0.3) is 0 Å². The maximum absolute atomic E-state index is 9.72. The number of rotatable bonds is 8. The molecule has 3 aromatic heterocycles. The number of likely N-dealkylation sites (N-methyl/N-ethyl adjacent to an activating group) is 1. The number of hydrogen-bond donors (Lipinski definition) is 2. The SMILES string of the molecule is CC[C@H](CO)N(CC)c1cc(NCc2cccnc2)n2ncc(Br)c2n1. The van der Waals surface area contributed by atoms with Gasteiger partial charge in [-0.1, -0.05) is 13.0 Å². The van der Waals surface area contributed by atoms with Gasteiger partial charge in [0, 0.05) is 31.5 Å². The molecule has 0 aliphatic heterocycles. The molecule has 8 heteroatoms. The van der Waals surface area contributed by atoms with E-state index in [1.54, 1.807) is 16.9 Å². The monoisotopic (exact) mass is 418 g/mol. The smallest absolute Gasteiger partial charge is 0.173 e. The van der Waals surface area contributed by atoms with Crippen LogP contribution in [0.2, 0.25) is 0 Å². The second-order valence-electron chi connectivity index (χ2n) is 5.97. The minimum Gasteiger partial charge on any atom is -0.394 e. The van der Waals surface area contributed by atoms with E-state index >= 15 is 0 Å². The lowest BCUT2D eigenvalue weighted by molar-refractivity contribution is 0.256. The van der Waals surface area contributed by atoms with Gasteiger partial charge in [-0.3, -0.25) is 4.98 Å². The summed E-state index contributed by atoms with van der Waals surface area (Å²) in [5.41, 5.74) is 1.82. The summed E-state index contributed by atoms with van der Waals surface area (Å²) in [6.07, 6.45) is 6.18. The molecule has 0 amide bonds. The van der Waals surface area contributed by atoms with Crippen LogP contribution < -0.4 is 10.2 Å². The lowest BCUT2D eigenvalue weighted by atomic mass is 10.2. The first-order chi connectivity index (χ1) is 12.7. The molecule has 3 aromatic rings. The molecule has 3 heterocycles. The number of fused-ring (bicyclic) bond motifs is 1. The Hall–Kier alpha value is -2.19. The molecule has 2 N–H and O–H groups in total. The lowest BCUT2D eigenvalue weighted by Gasteiger charge is -2.30. The summed E-state index contributed by atoms with van der Waals surface area (Å²) >= 11 is 3.52. The number of nitrogens with one attached hydrogen (secondary N) is 1. The highest BCUT2D eigenvalue weighted by atomic mass is 79.9. The number of aliphatic hydroxyl groups excluding tert-OH is 1. The molecule has 26 heavy (non-hydrogen) atoms. The van der Waals surface area contributed by atoms with Crippen molar-refractivity contribution in [2.24, 2.45) is 0 Å². The van der Waals surface area contributed by atoms with E-state index in [-0.39, 0.29) is 12.6 Å². The maximum Gasteiger partial charge on any atom is 0.173 e. The Morgan fingerprint density at radius 1 is 1.35 bits per heavy atom. The van der Waals surface area contributed by atoms with Gasteiger partial charge in [-0.2, -0.15) is 9.61 Å². The minimum absolute atomic E-state index is 0.0304. The van der Waals surface area contributed by atoms with Crippen molar-refractivity contribution >= 4 is 33.2 Å². The van der Waals surface area contributed by atoms with Gasteiger partial charge in [-0.25, -0.2) is 4.98 Å². The van der Waals surface area contributed by atoms with Gasteiger partial charge in [-0.05, 0) is 40.9 Å². The zero-order valence-electron chi connectivity index (χ0n) is 14.9. The van der Waals surface area contributed by atoms with Crippen LogP contribution in [-0.4, -0.2) is 43.9 Å². The van der Waals surface area contributed by atoms with Gasteiger partial charge in [0.15, 0.2) is 5.65 Å². The molecule has 0 aliphatic carbocycles. The minimum atomic E-state index is 0.0304. The number of aliphatic hydroxyl groups is 1. The summed E-state index contributed by atoms with van der Waals surface area (Å²) in [6, 6.07) is 5.95. The highest BCUT2D eigenvalue weighted by Gasteiger charge is 2.19. The van der Waals surface area contributed by atoms with Crippen LogP contribution in [0.15, 0.2) is 41.3 Å². The van der Waals surface area contributed by atoms with Crippen LogP contribution in [0.4, 0.5) is 11.6 Å². The number of aromatic nitrogens is 4. The van der Waals surface area contributed by atoms with Crippen molar-refractivity contribution in [1.29, 1.82) is 0 Å². The molecule has 0 saturated heterocycles. The van der Waals surface area contributed by atoms with Gasteiger partial charge in [0.05, 0.1) is 23.3 Å². The van der Waals surface area contributed by atoms with Crippen molar-refractivity contribution in [1.82, 2.24) is 19.6 Å². The Labute approximate surface area is 161 Å². The zero-order valence-corrected chi connectivity index (χ0v) is 16.5. The largest absolute Gasteiger partial charge is 0.394 e. The second-order valence-corrected chi connectivity index (χ2v) is 6.83. The van der Waals surface area contributed by atoms with Crippen molar-refractivity contribution < 1.29 is 5.11 Å². The molecule has 0 aliphatic rings. The van der Waals surface area contributed by atoms with Crippen LogP contribution in [0.1, 0.15) is 25.8 Å². The van der Waals surface area contributed by atoms with Gasteiger partial charge < -0.3 is 15.3 Å². The average Bonchev–Trinajstić information content (AvgIpc) is 3.06. The standard InChI is InChI=1S/C18H23BrN6O/c1-3-14(12-26)24(4-2)17-8-16(21-10-13-6-5-7-20-9-13)25-18(23-17)15(19)11-22-25/h5-9,11,14,21,26H,3-4,10,12H2,1-2H3/t14-/m1/s1. The Morgan fingerprint density at radius 3 is 2.85 bits per heavy atom. The van der Waals surface area contributed by atoms with E-state index < -0.39 is 0 Å². The van der Waals surface area contributed by atoms with Crippen LogP contribution in [0.25, 0.3) is 5.65 Å². The van der Waals surface area contributed by atoms with Gasteiger partial charge in [0.1, 0.15) is 11.6 Å². The van der Waals surface area contributed by atoms with Crippen LogP contribution in [0.3, 0.4) is 0 Å². The zero-order chi connectivity index (χ0) is 18.5. The lowest BCUT2D eigenvalue weighted by Crippen LogP contribution is -2.38. The third-order valence-corrected chi connectivity index (χ3v) is 4.93. The highest BCUT2D eigenvalue weighted by molar-refractivity contribution is 9.10. The van der Waals surface area contributed by atoms with Crippen molar-refractivity contribution in [3.63, 3.8) is 0 Å². The third-order valence-electron chi connectivity index (χ3n) is 4.37. The number of hydrogen-bond acceptors (Lipinski definition) is 6. The Kier molecular flexibility index (Phi) is 6.05. The molecule has 0 unspecified atom stereocenters. The normalized spacial score (nSPS) is 12.3. The molecule has 0 saturated carbocycles. The predicted molar refractivity (Wildman–Crippen MR) is 106 cm³/mol. The molecule has 138 valence electrons. The first-order valence-electron chi connectivity index (χ1n) is 8.72. The van der Waals surface area contributed by atoms with E-state index in [0.717, 1.165) is 40.3 Å². The fourth-order valence-corrected chi connectivity index (χ4v) is 3.30. The Morgan fingerprint density at radius 2 is 2.19 bits per heavy atom. The Bertz CT molecular complexity index is 850. The molecule has 0 fully saturated rings. The van der Waals surface area contributed by atoms with Gasteiger partial charge in [0.2, 0.25) is 0 Å². The highest BCUT2D eigenvalue weighted by Crippen LogP contribution is 2.26. The van der Waals surface area contributed by atoms with E-state index in [4.69, 9.17) is 4.98 Å². The second kappa shape index (κ2) is 8.46. The fraction of sp³-hybridized carbons (Fsp3) is 0.389. The van der Waals surface area contributed by atoms with E-state index in [9.17, 15) is 5.11 Å². The summed E-state index contributed by atoms with van der Waals surface area (Å²) < 4.78 is 2.61. The molecule has 0 spiro atoms. The molecular weight excluding hydrogens is 396 g/mol. The summed E-state index contributed by atoms with van der Waals surface area (Å²) in [7, 11) is 0. The molecule has 0 radical (unpaired) electrons. The predicted octanol–water partition coefficient (Wildman–Crippen LogP) is 3.10. The van der Waals surface area contributed by atoms with Crippen LogP contribution in [0, 0.1) is 0 Å². The van der Waals surface area contributed by atoms with E-state index in [2.05, 4.69) is 50.1 Å². The van der Waals surface area contributed by atoms with E-state index in [0.29, 0.717) is 6.54 Å². The van der Waals surface area contributed by atoms with Crippen LogP contribution >= 0.6 is 15.9 Å². The van der Waals surface area contributed by atoms with Gasteiger partial charge >= 0.3 is 0 Å².